The Bertz CT molecular complexity index is 491. The van der Waals surface area contributed by atoms with Crippen molar-refractivity contribution in [3.05, 3.63) is 24.0 Å². The van der Waals surface area contributed by atoms with Crippen LogP contribution < -0.4 is 5.32 Å². The highest BCUT2D eigenvalue weighted by Crippen LogP contribution is 2.14. The van der Waals surface area contributed by atoms with Gasteiger partial charge in [-0.3, -0.25) is 0 Å². The fourth-order valence-electron chi connectivity index (χ4n) is 2.39. The molecular weight excluding hydrogens is 278 g/mol. The molecule has 2 N–H and O–H groups in total. The second-order valence-corrected chi connectivity index (χ2v) is 7.37. The second kappa shape index (κ2) is 6.71. The highest BCUT2D eigenvalue weighted by molar-refractivity contribution is 7.89. The standard InChI is InChI=1S/C13H23N3O3S/c1-11-9-16(10-12(2)19-11)20(17,18)6-5-15-8-13-3-4-14-7-13/h3-4,7,11-12,14-15H,5-6,8-10H2,1-2H3. The topological polar surface area (TPSA) is 74.4 Å². The van der Waals surface area contributed by atoms with Gasteiger partial charge in [-0.1, -0.05) is 0 Å². The maximum Gasteiger partial charge on any atom is 0.215 e. The van der Waals surface area contributed by atoms with Gasteiger partial charge in [-0.05, 0) is 25.5 Å². The number of rotatable bonds is 6. The fraction of sp³-hybridized carbons (Fsp3) is 0.692. The largest absolute Gasteiger partial charge is 0.373 e. The van der Waals surface area contributed by atoms with Gasteiger partial charge < -0.3 is 15.0 Å². The van der Waals surface area contributed by atoms with Crippen molar-refractivity contribution < 1.29 is 13.2 Å². The predicted octanol–water partition coefficient (Wildman–Crippen LogP) is 0.543. The molecule has 2 atom stereocenters. The average Bonchev–Trinajstić information content (AvgIpc) is 2.86. The number of ether oxygens (including phenoxy) is 1. The summed E-state index contributed by atoms with van der Waals surface area (Å²) < 4.78 is 31.6. The van der Waals surface area contributed by atoms with Crippen LogP contribution in [0, 0.1) is 0 Å². The molecular formula is C13H23N3O3S. The van der Waals surface area contributed by atoms with Gasteiger partial charge in [-0.2, -0.15) is 4.31 Å². The van der Waals surface area contributed by atoms with Gasteiger partial charge in [-0.25, -0.2) is 8.42 Å². The summed E-state index contributed by atoms with van der Waals surface area (Å²) in [5.41, 5.74) is 1.12. The molecule has 1 fully saturated rings. The van der Waals surface area contributed by atoms with Crippen LogP contribution in [0.5, 0.6) is 0 Å². The highest BCUT2D eigenvalue weighted by atomic mass is 32.2. The Hall–Kier alpha value is -0.890. The van der Waals surface area contributed by atoms with Crippen molar-refractivity contribution in [2.45, 2.75) is 32.6 Å². The lowest BCUT2D eigenvalue weighted by Crippen LogP contribution is -2.49. The third-order valence-electron chi connectivity index (χ3n) is 3.31. The van der Waals surface area contributed by atoms with Gasteiger partial charge in [0, 0.05) is 38.6 Å². The smallest absolute Gasteiger partial charge is 0.215 e. The van der Waals surface area contributed by atoms with Crippen LogP contribution in [-0.2, 0) is 21.3 Å². The molecule has 0 amide bonds. The summed E-state index contributed by atoms with van der Waals surface area (Å²) in [6.07, 6.45) is 3.67. The summed E-state index contributed by atoms with van der Waals surface area (Å²) in [7, 11) is -3.21. The van der Waals surface area contributed by atoms with E-state index in [1.54, 1.807) is 4.31 Å². The number of nitrogens with zero attached hydrogens (tertiary/aromatic N) is 1. The van der Waals surface area contributed by atoms with Crippen LogP contribution >= 0.6 is 0 Å². The maximum atomic E-state index is 12.3. The Morgan fingerprint density at radius 3 is 2.70 bits per heavy atom. The lowest BCUT2D eigenvalue weighted by atomic mass is 10.3. The molecule has 20 heavy (non-hydrogen) atoms. The molecule has 1 aliphatic heterocycles. The van der Waals surface area contributed by atoms with Crippen molar-refractivity contribution in [2.24, 2.45) is 0 Å². The van der Waals surface area contributed by atoms with Crippen LogP contribution in [0.15, 0.2) is 18.5 Å². The van der Waals surface area contributed by atoms with Gasteiger partial charge in [0.25, 0.3) is 0 Å². The van der Waals surface area contributed by atoms with Gasteiger partial charge in [0.2, 0.25) is 10.0 Å². The van der Waals surface area contributed by atoms with Crippen LogP contribution in [0.3, 0.4) is 0 Å². The minimum absolute atomic E-state index is 0.0404. The van der Waals surface area contributed by atoms with Crippen molar-refractivity contribution >= 4 is 10.0 Å². The van der Waals surface area contributed by atoms with E-state index in [1.165, 1.54) is 0 Å². The van der Waals surface area contributed by atoms with E-state index in [4.69, 9.17) is 4.74 Å². The van der Waals surface area contributed by atoms with Gasteiger partial charge >= 0.3 is 0 Å². The van der Waals surface area contributed by atoms with E-state index in [2.05, 4.69) is 10.3 Å². The molecule has 1 aromatic heterocycles. The summed E-state index contributed by atoms with van der Waals surface area (Å²) in [5.74, 6) is 0.122. The quantitative estimate of drug-likeness (QED) is 0.752. The molecule has 0 aromatic carbocycles. The zero-order chi connectivity index (χ0) is 14.6. The van der Waals surface area contributed by atoms with Crippen molar-refractivity contribution in [1.82, 2.24) is 14.6 Å². The first-order valence-corrected chi connectivity index (χ1v) is 8.54. The molecule has 2 unspecified atom stereocenters. The Labute approximate surface area is 120 Å². The van der Waals surface area contributed by atoms with Gasteiger partial charge in [-0.15, -0.1) is 0 Å². The third kappa shape index (κ3) is 4.31. The number of hydrogen-bond acceptors (Lipinski definition) is 4. The van der Waals surface area contributed by atoms with Gasteiger partial charge in [0.1, 0.15) is 0 Å². The van der Waals surface area contributed by atoms with E-state index in [9.17, 15) is 8.42 Å². The van der Waals surface area contributed by atoms with Gasteiger partial charge in [0.05, 0.1) is 18.0 Å². The highest BCUT2D eigenvalue weighted by Gasteiger charge is 2.30. The summed E-state index contributed by atoms with van der Waals surface area (Å²) in [4.78, 5) is 2.97. The normalized spacial score (nSPS) is 24.9. The Kier molecular flexibility index (Phi) is 5.20. The average molecular weight is 301 g/mol. The molecule has 114 valence electrons. The van der Waals surface area contributed by atoms with Crippen molar-refractivity contribution in [2.75, 3.05) is 25.4 Å². The number of nitrogens with one attached hydrogen (secondary N) is 2. The minimum atomic E-state index is -3.21. The molecule has 0 saturated carbocycles. The molecule has 2 heterocycles. The van der Waals surface area contributed by atoms with Crippen molar-refractivity contribution in [1.29, 1.82) is 0 Å². The molecule has 0 bridgehead atoms. The Morgan fingerprint density at radius 1 is 1.40 bits per heavy atom. The molecule has 0 aliphatic carbocycles. The molecule has 0 spiro atoms. The van der Waals surface area contributed by atoms with Crippen molar-refractivity contribution in [3.63, 3.8) is 0 Å². The van der Waals surface area contributed by atoms with E-state index < -0.39 is 10.0 Å². The summed E-state index contributed by atoms with van der Waals surface area (Å²) >= 11 is 0. The second-order valence-electron chi connectivity index (χ2n) is 5.29. The Balaban J connectivity index is 1.78. The van der Waals surface area contributed by atoms with E-state index in [0.717, 1.165) is 5.56 Å². The molecule has 6 nitrogen and oxygen atoms in total. The molecule has 1 saturated heterocycles. The van der Waals surface area contributed by atoms with Crippen LogP contribution in [0.1, 0.15) is 19.4 Å². The lowest BCUT2D eigenvalue weighted by molar-refractivity contribution is -0.0440. The lowest BCUT2D eigenvalue weighted by Gasteiger charge is -2.34. The van der Waals surface area contributed by atoms with E-state index in [0.29, 0.717) is 26.2 Å². The molecule has 1 aromatic rings. The van der Waals surface area contributed by atoms with Gasteiger partial charge in [0.15, 0.2) is 0 Å². The number of aromatic amines is 1. The zero-order valence-electron chi connectivity index (χ0n) is 12.0. The van der Waals surface area contributed by atoms with Crippen LogP contribution in [-0.4, -0.2) is 55.3 Å². The first-order chi connectivity index (χ1) is 9.47. The summed E-state index contributed by atoms with van der Waals surface area (Å²) in [6.45, 7) is 5.84. The number of hydrogen-bond donors (Lipinski definition) is 2. The summed E-state index contributed by atoms with van der Waals surface area (Å²) in [5, 5.41) is 3.15. The number of aromatic nitrogens is 1. The van der Waals surface area contributed by atoms with E-state index >= 15 is 0 Å². The molecule has 2 rings (SSSR count). The van der Waals surface area contributed by atoms with Crippen LogP contribution in [0.25, 0.3) is 0 Å². The number of sulfonamides is 1. The first-order valence-electron chi connectivity index (χ1n) is 6.93. The third-order valence-corrected chi connectivity index (χ3v) is 5.11. The fourth-order valence-corrected chi connectivity index (χ4v) is 3.92. The van der Waals surface area contributed by atoms with Crippen LogP contribution in [0.2, 0.25) is 0 Å². The SMILES string of the molecule is CC1CN(S(=O)(=O)CCNCc2cc[nH]c2)CC(C)O1. The first kappa shape index (κ1) is 15.5. The van der Waals surface area contributed by atoms with E-state index in [1.807, 2.05) is 32.3 Å². The summed E-state index contributed by atoms with van der Waals surface area (Å²) in [6, 6.07) is 1.97. The van der Waals surface area contributed by atoms with E-state index in [-0.39, 0.29) is 18.0 Å². The monoisotopic (exact) mass is 301 g/mol. The number of morpholine rings is 1. The molecule has 7 heteroatoms. The van der Waals surface area contributed by atoms with Crippen LogP contribution in [0.4, 0.5) is 0 Å². The Morgan fingerprint density at radius 2 is 2.10 bits per heavy atom. The molecule has 0 radical (unpaired) electrons. The number of H-pyrrole nitrogens is 1. The minimum Gasteiger partial charge on any atom is -0.373 e. The van der Waals surface area contributed by atoms with Crippen molar-refractivity contribution in [3.8, 4) is 0 Å². The molecule has 1 aliphatic rings. The predicted molar refractivity (Wildman–Crippen MR) is 77.9 cm³/mol. The zero-order valence-corrected chi connectivity index (χ0v) is 12.8. The maximum absolute atomic E-state index is 12.3.